The minimum Gasteiger partial charge on any atom is -0.347 e. The normalized spacial score (nSPS) is 14.7. The lowest BCUT2D eigenvalue weighted by atomic mass is 10.2. The molecule has 0 bridgehead atoms. The molecule has 0 spiro atoms. The summed E-state index contributed by atoms with van der Waals surface area (Å²) in [6, 6.07) is 1.79. The van der Waals surface area contributed by atoms with Crippen LogP contribution in [0.1, 0.15) is 25.6 Å². The van der Waals surface area contributed by atoms with Crippen molar-refractivity contribution in [2.45, 2.75) is 25.9 Å². The first-order chi connectivity index (χ1) is 7.02. The third kappa shape index (κ3) is 3.06. The van der Waals surface area contributed by atoms with Gasteiger partial charge in [0.1, 0.15) is 0 Å². The maximum atomic E-state index is 11.6. The van der Waals surface area contributed by atoms with Crippen molar-refractivity contribution in [3.63, 3.8) is 0 Å². The number of aromatic nitrogens is 2. The Morgan fingerprint density at radius 3 is 2.67 bits per heavy atom. The zero-order valence-electron chi connectivity index (χ0n) is 9.61. The average molecular weight is 210 g/mol. The van der Waals surface area contributed by atoms with Crippen molar-refractivity contribution in [2.75, 3.05) is 14.1 Å². The van der Waals surface area contributed by atoms with Crippen LogP contribution in [0.25, 0.3) is 0 Å². The summed E-state index contributed by atoms with van der Waals surface area (Å²) in [7, 11) is 3.50. The van der Waals surface area contributed by atoms with Crippen LogP contribution in [0.15, 0.2) is 12.3 Å². The fourth-order valence-corrected chi connectivity index (χ4v) is 1.43. The molecule has 2 atom stereocenters. The first-order valence-corrected chi connectivity index (χ1v) is 4.99. The second-order valence-electron chi connectivity index (χ2n) is 3.85. The van der Waals surface area contributed by atoms with E-state index in [2.05, 4.69) is 15.5 Å². The van der Waals surface area contributed by atoms with Gasteiger partial charge < -0.3 is 4.90 Å². The summed E-state index contributed by atoms with van der Waals surface area (Å²) in [6.45, 7) is 3.85. The van der Waals surface area contributed by atoms with Gasteiger partial charge in [-0.1, -0.05) is 0 Å². The first-order valence-electron chi connectivity index (χ1n) is 4.99. The van der Waals surface area contributed by atoms with E-state index in [0.29, 0.717) is 0 Å². The summed E-state index contributed by atoms with van der Waals surface area (Å²) in [4.78, 5) is 13.2. The van der Waals surface area contributed by atoms with Gasteiger partial charge in [0.25, 0.3) is 0 Å². The van der Waals surface area contributed by atoms with Gasteiger partial charge in [-0.05, 0) is 19.9 Å². The summed E-state index contributed by atoms with van der Waals surface area (Å²) in [5.74, 6) is 0.0707. The lowest BCUT2D eigenvalue weighted by Gasteiger charge is -2.21. The Kier molecular flexibility index (Phi) is 3.85. The molecule has 2 unspecified atom stereocenters. The van der Waals surface area contributed by atoms with E-state index >= 15 is 0 Å². The van der Waals surface area contributed by atoms with Crippen LogP contribution in [0.3, 0.4) is 0 Å². The molecule has 0 saturated heterocycles. The monoisotopic (exact) mass is 210 g/mol. The Bertz CT molecular complexity index is 307. The zero-order valence-corrected chi connectivity index (χ0v) is 9.61. The summed E-state index contributed by atoms with van der Waals surface area (Å²) in [5, 5.41) is 9.94. The number of carbonyl (C=O) groups is 1. The Morgan fingerprint density at radius 1 is 1.53 bits per heavy atom. The molecule has 1 rings (SSSR count). The molecule has 0 radical (unpaired) electrons. The van der Waals surface area contributed by atoms with Crippen LogP contribution in [0, 0.1) is 0 Å². The molecule has 0 fully saturated rings. The fourth-order valence-electron chi connectivity index (χ4n) is 1.43. The quantitative estimate of drug-likeness (QED) is 0.762. The van der Waals surface area contributed by atoms with Gasteiger partial charge in [-0.15, -0.1) is 0 Å². The van der Waals surface area contributed by atoms with Gasteiger partial charge in [-0.2, -0.15) is 5.10 Å². The molecule has 1 aromatic rings. The molecule has 84 valence electrons. The van der Waals surface area contributed by atoms with Crippen molar-refractivity contribution >= 4 is 5.91 Å². The Labute approximate surface area is 89.9 Å². The van der Waals surface area contributed by atoms with Crippen LogP contribution in [0.2, 0.25) is 0 Å². The van der Waals surface area contributed by atoms with Crippen LogP contribution in [-0.2, 0) is 4.79 Å². The Balaban J connectivity index is 2.52. The standard InChI is InChI=1S/C10H18N4O/c1-7(9-5-6-11-13-9)12-8(2)10(15)14(3)4/h5-8,12H,1-4H3,(H,11,13). The lowest BCUT2D eigenvalue weighted by molar-refractivity contribution is -0.130. The van der Waals surface area contributed by atoms with Gasteiger partial charge in [0.05, 0.1) is 11.7 Å². The van der Waals surface area contributed by atoms with E-state index in [-0.39, 0.29) is 18.0 Å². The van der Waals surface area contributed by atoms with Gasteiger partial charge in [-0.25, -0.2) is 0 Å². The highest BCUT2D eigenvalue weighted by Gasteiger charge is 2.17. The van der Waals surface area contributed by atoms with Crippen molar-refractivity contribution in [2.24, 2.45) is 0 Å². The Hall–Kier alpha value is -1.36. The molecular formula is C10H18N4O. The number of hydrogen-bond donors (Lipinski definition) is 2. The molecule has 15 heavy (non-hydrogen) atoms. The molecule has 0 aromatic carbocycles. The number of hydrogen-bond acceptors (Lipinski definition) is 3. The van der Waals surface area contributed by atoms with E-state index in [1.54, 1.807) is 25.2 Å². The largest absolute Gasteiger partial charge is 0.347 e. The highest BCUT2D eigenvalue weighted by atomic mass is 16.2. The molecule has 2 N–H and O–H groups in total. The van der Waals surface area contributed by atoms with Crippen molar-refractivity contribution in [1.82, 2.24) is 20.4 Å². The number of nitrogens with zero attached hydrogens (tertiary/aromatic N) is 2. The summed E-state index contributed by atoms with van der Waals surface area (Å²) in [5.41, 5.74) is 0.980. The summed E-state index contributed by atoms with van der Waals surface area (Å²) in [6.07, 6.45) is 1.70. The molecule has 1 heterocycles. The van der Waals surface area contributed by atoms with Crippen molar-refractivity contribution in [3.8, 4) is 0 Å². The minimum absolute atomic E-state index is 0.0707. The van der Waals surface area contributed by atoms with Crippen molar-refractivity contribution < 1.29 is 4.79 Å². The van der Waals surface area contributed by atoms with Gasteiger partial charge in [0.2, 0.25) is 5.91 Å². The topological polar surface area (TPSA) is 61.0 Å². The van der Waals surface area contributed by atoms with Crippen LogP contribution in [0.4, 0.5) is 0 Å². The average Bonchev–Trinajstić information content (AvgIpc) is 2.68. The van der Waals surface area contributed by atoms with Crippen molar-refractivity contribution in [3.05, 3.63) is 18.0 Å². The first kappa shape index (κ1) is 11.7. The smallest absolute Gasteiger partial charge is 0.238 e. The predicted octanol–water partition coefficient (Wildman–Crippen LogP) is 0.537. The van der Waals surface area contributed by atoms with Gasteiger partial charge in [0, 0.05) is 26.3 Å². The molecule has 0 aliphatic rings. The molecule has 1 aromatic heterocycles. The molecule has 1 amide bonds. The van der Waals surface area contributed by atoms with Crippen LogP contribution < -0.4 is 5.32 Å². The maximum Gasteiger partial charge on any atom is 0.238 e. The third-order valence-electron chi connectivity index (χ3n) is 2.30. The van der Waals surface area contributed by atoms with E-state index < -0.39 is 0 Å². The maximum absolute atomic E-state index is 11.6. The third-order valence-corrected chi connectivity index (χ3v) is 2.30. The number of H-pyrrole nitrogens is 1. The second-order valence-corrected chi connectivity index (χ2v) is 3.85. The van der Waals surface area contributed by atoms with Gasteiger partial charge in [-0.3, -0.25) is 15.2 Å². The van der Waals surface area contributed by atoms with Crippen molar-refractivity contribution in [1.29, 1.82) is 0 Å². The number of carbonyl (C=O) groups excluding carboxylic acids is 1. The number of nitrogens with one attached hydrogen (secondary N) is 2. The summed E-state index contributed by atoms with van der Waals surface area (Å²) >= 11 is 0. The number of aromatic amines is 1. The van der Waals surface area contributed by atoms with E-state index in [1.807, 2.05) is 19.9 Å². The second kappa shape index (κ2) is 4.93. The van der Waals surface area contributed by atoms with Crippen LogP contribution in [0.5, 0.6) is 0 Å². The molecular weight excluding hydrogens is 192 g/mol. The lowest BCUT2D eigenvalue weighted by Crippen LogP contribution is -2.42. The van der Waals surface area contributed by atoms with Gasteiger partial charge in [0.15, 0.2) is 0 Å². The number of amides is 1. The highest BCUT2D eigenvalue weighted by molar-refractivity contribution is 5.80. The number of rotatable bonds is 4. The number of likely N-dealkylation sites (N-methyl/N-ethyl adjacent to an activating group) is 1. The summed E-state index contributed by atoms with van der Waals surface area (Å²) < 4.78 is 0. The highest BCUT2D eigenvalue weighted by Crippen LogP contribution is 2.08. The molecule has 0 saturated carbocycles. The van der Waals surface area contributed by atoms with E-state index in [0.717, 1.165) is 5.69 Å². The van der Waals surface area contributed by atoms with Crippen LogP contribution in [-0.4, -0.2) is 41.1 Å². The fraction of sp³-hybridized carbons (Fsp3) is 0.600. The van der Waals surface area contributed by atoms with Crippen LogP contribution >= 0.6 is 0 Å². The predicted molar refractivity (Wildman–Crippen MR) is 58.3 cm³/mol. The molecule has 0 aliphatic heterocycles. The molecule has 5 heteroatoms. The van der Waals surface area contributed by atoms with Gasteiger partial charge >= 0.3 is 0 Å². The minimum atomic E-state index is -0.196. The van der Waals surface area contributed by atoms with E-state index in [9.17, 15) is 4.79 Å². The molecule has 0 aliphatic carbocycles. The SMILES string of the molecule is CC(NC(C)c1ccn[nH]1)C(=O)N(C)C. The Morgan fingerprint density at radius 2 is 2.20 bits per heavy atom. The zero-order chi connectivity index (χ0) is 11.4. The van der Waals surface area contributed by atoms with E-state index in [4.69, 9.17) is 0 Å². The molecule has 5 nitrogen and oxygen atoms in total. The van der Waals surface area contributed by atoms with E-state index in [1.165, 1.54) is 0 Å².